The molecule has 23 heavy (non-hydrogen) atoms. The number of amides is 1. The van der Waals surface area contributed by atoms with Crippen molar-refractivity contribution in [2.75, 3.05) is 20.2 Å². The molecule has 0 aliphatic heterocycles. The maximum atomic E-state index is 12.5. The lowest BCUT2D eigenvalue weighted by molar-refractivity contribution is 0.0773. The van der Waals surface area contributed by atoms with Crippen LogP contribution in [0.3, 0.4) is 0 Å². The van der Waals surface area contributed by atoms with Crippen molar-refractivity contribution in [1.29, 1.82) is 0 Å². The molecule has 0 N–H and O–H groups in total. The lowest BCUT2D eigenvalue weighted by atomic mass is 10.0. The molecule has 0 aliphatic carbocycles. The highest BCUT2D eigenvalue weighted by Gasteiger charge is 2.12. The van der Waals surface area contributed by atoms with Crippen LogP contribution in [0.5, 0.6) is 5.75 Å². The summed E-state index contributed by atoms with van der Waals surface area (Å²) in [7, 11) is 1.67. The molecule has 3 heteroatoms. The Hall–Kier alpha value is -2.55. The molecule has 0 bridgehead atoms. The van der Waals surface area contributed by atoms with Crippen LogP contribution in [0.15, 0.2) is 48.5 Å². The molecule has 1 amide bonds. The Morgan fingerprint density at radius 1 is 0.870 bits per heavy atom. The molecule has 0 aromatic heterocycles. The first kappa shape index (κ1) is 15.3. The van der Waals surface area contributed by atoms with E-state index in [4.69, 9.17) is 4.74 Å². The Bertz CT molecular complexity index is 866. The predicted molar refractivity (Wildman–Crippen MR) is 95.3 cm³/mol. The number of benzene rings is 3. The Morgan fingerprint density at radius 3 is 2.09 bits per heavy atom. The fraction of sp³-hybridized carbons (Fsp3) is 0.250. The second-order valence-corrected chi connectivity index (χ2v) is 5.60. The van der Waals surface area contributed by atoms with Crippen LogP contribution in [0.2, 0.25) is 0 Å². The molecule has 0 spiro atoms. The van der Waals surface area contributed by atoms with Crippen molar-refractivity contribution in [3.8, 4) is 5.75 Å². The largest absolute Gasteiger partial charge is 0.497 e. The molecule has 0 unspecified atom stereocenters. The van der Waals surface area contributed by atoms with E-state index in [-0.39, 0.29) is 5.91 Å². The average molecular weight is 307 g/mol. The highest BCUT2D eigenvalue weighted by molar-refractivity contribution is 6.03. The summed E-state index contributed by atoms with van der Waals surface area (Å²) in [6.45, 7) is 5.46. The van der Waals surface area contributed by atoms with E-state index in [1.165, 1.54) is 0 Å². The summed E-state index contributed by atoms with van der Waals surface area (Å²) in [6, 6.07) is 16.2. The maximum absolute atomic E-state index is 12.5. The molecule has 3 aromatic rings. The number of carbonyl (C=O) groups is 1. The minimum absolute atomic E-state index is 0.0896. The summed E-state index contributed by atoms with van der Waals surface area (Å²) in [4.78, 5) is 14.3. The van der Waals surface area contributed by atoms with Crippen molar-refractivity contribution in [2.24, 2.45) is 0 Å². The number of fused-ring (bicyclic) bond motifs is 2. The summed E-state index contributed by atoms with van der Waals surface area (Å²) in [5.74, 6) is 0.942. The van der Waals surface area contributed by atoms with E-state index in [0.717, 1.165) is 45.9 Å². The topological polar surface area (TPSA) is 29.5 Å². The predicted octanol–water partition coefficient (Wildman–Crippen LogP) is 4.48. The molecular weight excluding hydrogens is 286 g/mol. The molecule has 0 atom stereocenters. The smallest absolute Gasteiger partial charge is 0.253 e. The van der Waals surface area contributed by atoms with Gasteiger partial charge in [0.1, 0.15) is 5.75 Å². The van der Waals surface area contributed by atoms with E-state index in [0.29, 0.717) is 0 Å². The first-order valence-corrected chi connectivity index (χ1v) is 7.97. The van der Waals surface area contributed by atoms with Gasteiger partial charge in [0.2, 0.25) is 0 Å². The maximum Gasteiger partial charge on any atom is 0.253 e. The number of nitrogens with zero attached hydrogens (tertiary/aromatic N) is 1. The van der Waals surface area contributed by atoms with E-state index < -0.39 is 0 Å². The minimum atomic E-state index is 0.0896. The second-order valence-electron chi connectivity index (χ2n) is 5.60. The third-order valence-corrected chi connectivity index (χ3v) is 4.30. The zero-order valence-corrected chi connectivity index (χ0v) is 13.8. The lowest BCUT2D eigenvalue weighted by Crippen LogP contribution is -2.30. The van der Waals surface area contributed by atoms with Gasteiger partial charge in [0.05, 0.1) is 7.11 Å². The van der Waals surface area contributed by atoms with Crippen LogP contribution in [0.25, 0.3) is 21.5 Å². The molecule has 3 aromatic carbocycles. The molecule has 0 saturated heterocycles. The monoisotopic (exact) mass is 307 g/mol. The van der Waals surface area contributed by atoms with Crippen molar-refractivity contribution in [1.82, 2.24) is 4.90 Å². The number of methoxy groups -OCH3 is 1. The molecule has 0 saturated carbocycles. The van der Waals surface area contributed by atoms with Gasteiger partial charge in [-0.1, -0.05) is 12.1 Å². The van der Waals surface area contributed by atoms with Gasteiger partial charge in [-0.2, -0.15) is 0 Å². The molecule has 3 rings (SSSR count). The molecule has 0 aliphatic rings. The van der Waals surface area contributed by atoms with Crippen LogP contribution in [0, 0.1) is 0 Å². The van der Waals surface area contributed by atoms with Gasteiger partial charge in [0.25, 0.3) is 5.91 Å². The van der Waals surface area contributed by atoms with Crippen LogP contribution >= 0.6 is 0 Å². The second kappa shape index (κ2) is 6.29. The van der Waals surface area contributed by atoms with Gasteiger partial charge >= 0.3 is 0 Å². The normalized spacial score (nSPS) is 10.9. The van der Waals surface area contributed by atoms with Crippen LogP contribution < -0.4 is 4.74 Å². The molecule has 3 nitrogen and oxygen atoms in total. The molecule has 0 fully saturated rings. The van der Waals surface area contributed by atoms with Crippen molar-refractivity contribution in [2.45, 2.75) is 13.8 Å². The fourth-order valence-corrected chi connectivity index (χ4v) is 2.93. The minimum Gasteiger partial charge on any atom is -0.497 e. The summed E-state index contributed by atoms with van der Waals surface area (Å²) in [5, 5.41) is 4.49. The van der Waals surface area contributed by atoms with Gasteiger partial charge in [-0.3, -0.25) is 4.79 Å². The Kier molecular flexibility index (Phi) is 4.20. The van der Waals surface area contributed by atoms with E-state index >= 15 is 0 Å². The highest BCUT2D eigenvalue weighted by atomic mass is 16.5. The zero-order valence-electron chi connectivity index (χ0n) is 13.8. The van der Waals surface area contributed by atoms with Gasteiger partial charge in [-0.05, 0) is 71.8 Å². The number of hydrogen-bond donors (Lipinski definition) is 0. The van der Waals surface area contributed by atoms with E-state index in [1.54, 1.807) is 7.11 Å². The Labute approximate surface area is 136 Å². The van der Waals surface area contributed by atoms with E-state index in [1.807, 2.05) is 55.1 Å². The summed E-state index contributed by atoms with van der Waals surface area (Å²) in [5.41, 5.74) is 0.745. The first-order chi connectivity index (χ1) is 11.2. The van der Waals surface area contributed by atoms with Crippen molar-refractivity contribution < 1.29 is 9.53 Å². The average Bonchev–Trinajstić information content (AvgIpc) is 2.59. The zero-order chi connectivity index (χ0) is 16.4. The molecule has 0 heterocycles. The third-order valence-electron chi connectivity index (χ3n) is 4.30. The fourth-order valence-electron chi connectivity index (χ4n) is 2.93. The van der Waals surface area contributed by atoms with Gasteiger partial charge in [-0.25, -0.2) is 0 Å². The van der Waals surface area contributed by atoms with Crippen LogP contribution in [-0.2, 0) is 0 Å². The van der Waals surface area contributed by atoms with E-state index in [9.17, 15) is 4.79 Å². The number of carbonyl (C=O) groups excluding carboxylic acids is 1. The highest BCUT2D eigenvalue weighted by Crippen LogP contribution is 2.27. The summed E-state index contributed by atoms with van der Waals surface area (Å²) < 4.78 is 5.29. The van der Waals surface area contributed by atoms with Gasteiger partial charge in [-0.15, -0.1) is 0 Å². The van der Waals surface area contributed by atoms with Gasteiger partial charge < -0.3 is 9.64 Å². The molecule has 0 radical (unpaired) electrons. The van der Waals surface area contributed by atoms with Gasteiger partial charge in [0, 0.05) is 18.7 Å². The molecule has 118 valence electrons. The van der Waals surface area contributed by atoms with E-state index in [2.05, 4.69) is 12.1 Å². The third kappa shape index (κ3) is 2.87. The van der Waals surface area contributed by atoms with Crippen LogP contribution in [0.1, 0.15) is 24.2 Å². The summed E-state index contributed by atoms with van der Waals surface area (Å²) >= 11 is 0. The quantitative estimate of drug-likeness (QED) is 0.665. The number of rotatable bonds is 4. The van der Waals surface area contributed by atoms with Crippen molar-refractivity contribution in [3.63, 3.8) is 0 Å². The van der Waals surface area contributed by atoms with Gasteiger partial charge in [0.15, 0.2) is 0 Å². The number of hydrogen-bond acceptors (Lipinski definition) is 2. The first-order valence-electron chi connectivity index (χ1n) is 7.97. The Morgan fingerprint density at radius 2 is 1.48 bits per heavy atom. The standard InChI is InChI=1S/C20H21NO2/c1-4-21(5-2)20(22)16-7-6-14-11-18-13-19(23-3)9-8-15(18)10-17(14)12-16/h6-13H,4-5H2,1-3H3. The molecular formula is C20H21NO2. The number of ether oxygens (including phenoxy) is 1. The van der Waals surface area contributed by atoms with Crippen LogP contribution in [-0.4, -0.2) is 31.0 Å². The van der Waals surface area contributed by atoms with Crippen molar-refractivity contribution in [3.05, 3.63) is 54.1 Å². The summed E-state index contributed by atoms with van der Waals surface area (Å²) in [6.07, 6.45) is 0. The van der Waals surface area contributed by atoms with Crippen LogP contribution in [0.4, 0.5) is 0 Å². The SMILES string of the molecule is CCN(CC)C(=O)c1ccc2cc3cc(OC)ccc3cc2c1. The van der Waals surface area contributed by atoms with Crippen molar-refractivity contribution >= 4 is 27.5 Å². The lowest BCUT2D eigenvalue weighted by Gasteiger charge is -2.18. The Balaban J connectivity index is 2.09.